The van der Waals surface area contributed by atoms with Crippen LogP contribution >= 0.6 is 0 Å². The molecule has 0 saturated heterocycles. The van der Waals surface area contributed by atoms with Crippen LogP contribution in [0.1, 0.15) is 51.0 Å². The minimum Gasteiger partial charge on any atom is -0.497 e. The first kappa shape index (κ1) is 15.4. The number of ether oxygens (including phenoxy) is 1. The molecule has 1 aliphatic rings. The van der Waals surface area contributed by atoms with E-state index in [1.54, 1.807) is 7.11 Å². The molecule has 1 saturated carbocycles. The zero-order chi connectivity index (χ0) is 14.2. The van der Waals surface area contributed by atoms with Crippen molar-refractivity contribution in [3.63, 3.8) is 0 Å². The van der Waals surface area contributed by atoms with E-state index in [0.717, 1.165) is 24.6 Å². The third-order valence-electron chi connectivity index (χ3n) is 4.39. The summed E-state index contributed by atoms with van der Waals surface area (Å²) < 4.78 is 5.33. The average molecular weight is 275 g/mol. The summed E-state index contributed by atoms with van der Waals surface area (Å²) in [6.07, 6.45) is 9.39. The SMILES string of the molecule is CCCNC(Cc1cccc(OC)c1)CC1CCCC1. The van der Waals surface area contributed by atoms with E-state index in [2.05, 4.69) is 30.4 Å². The Kier molecular flexibility index (Phi) is 6.38. The first-order valence-electron chi connectivity index (χ1n) is 8.18. The smallest absolute Gasteiger partial charge is 0.119 e. The Labute approximate surface area is 123 Å². The first-order valence-corrected chi connectivity index (χ1v) is 8.18. The van der Waals surface area contributed by atoms with E-state index in [0.29, 0.717) is 6.04 Å². The van der Waals surface area contributed by atoms with Gasteiger partial charge in [0.1, 0.15) is 5.75 Å². The van der Waals surface area contributed by atoms with Crippen LogP contribution in [0.4, 0.5) is 0 Å². The van der Waals surface area contributed by atoms with Gasteiger partial charge in [0.25, 0.3) is 0 Å². The normalized spacial score (nSPS) is 17.3. The van der Waals surface area contributed by atoms with Gasteiger partial charge in [-0.25, -0.2) is 0 Å². The average Bonchev–Trinajstić information content (AvgIpc) is 2.98. The van der Waals surface area contributed by atoms with Gasteiger partial charge >= 0.3 is 0 Å². The summed E-state index contributed by atoms with van der Waals surface area (Å²) in [7, 11) is 1.74. The van der Waals surface area contributed by atoms with Gasteiger partial charge in [-0.2, -0.15) is 0 Å². The molecule has 0 radical (unpaired) electrons. The van der Waals surface area contributed by atoms with Crippen molar-refractivity contribution in [3.05, 3.63) is 29.8 Å². The second-order valence-corrected chi connectivity index (χ2v) is 6.09. The van der Waals surface area contributed by atoms with Crippen LogP contribution < -0.4 is 10.1 Å². The summed E-state index contributed by atoms with van der Waals surface area (Å²) in [6.45, 7) is 3.37. The van der Waals surface area contributed by atoms with E-state index in [1.807, 2.05) is 6.07 Å². The molecule has 0 aliphatic heterocycles. The molecule has 1 atom stereocenters. The molecule has 1 aliphatic carbocycles. The molecule has 2 rings (SSSR count). The minimum atomic E-state index is 0.616. The lowest BCUT2D eigenvalue weighted by atomic mass is 9.94. The number of hydrogen-bond donors (Lipinski definition) is 1. The number of methoxy groups -OCH3 is 1. The maximum atomic E-state index is 5.33. The van der Waals surface area contributed by atoms with Gasteiger partial charge in [0, 0.05) is 6.04 Å². The van der Waals surface area contributed by atoms with E-state index in [4.69, 9.17) is 4.74 Å². The Hall–Kier alpha value is -1.02. The van der Waals surface area contributed by atoms with Crippen LogP contribution in [0.25, 0.3) is 0 Å². The lowest BCUT2D eigenvalue weighted by molar-refractivity contribution is 0.383. The summed E-state index contributed by atoms with van der Waals surface area (Å²) in [4.78, 5) is 0. The van der Waals surface area contributed by atoms with Gasteiger partial charge in [0.05, 0.1) is 7.11 Å². The number of nitrogens with one attached hydrogen (secondary N) is 1. The minimum absolute atomic E-state index is 0.616. The van der Waals surface area contributed by atoms with E-state index in [-0.39, 0.29) is 0 Å². The van der Waals surface area contributed by atoms with Crippen LogP contribution in [0.15, 0.2) is 24.3 Å². The van der Waals surface area contributed by atoms with Crippen LogP contribution in [0, 0.1) is 5.92 Å². The highest BCUT2D eigenvalue weighted by Crippen LogP contribution is 2.29. The third-order valence-corrected chi connectivity index (χ3v) is 4.39. The molecule has 0 amide bonds. The Balaban J connectivity index is 1.94. The van der Waals surface area contributed by atoms with Crippen molar-refractivity contribution in [3.8, 4) is 5.75 Å². The van der Waals surface area contributed by atoms with Crippen LogP contribution in [0.3, 0.4) is 0 Å². The van der Waals surface area contributed by atoms with Crippen molar-refractivity contribution in [1.29, 1.82) is 0 Å². The molecule has 2 nitrogen and oxygen atoms in total. The summed E-state index contributed by atoms with van der Waals surface area (Å²) >= 11 is 0. The van der Waals surface area contributed by atoms with E-state index in [9.17, 15) is 0 Å². The van der Waals surface area contributed by atoms with Gasteiger partial charge in [-0.3, -0.25) is 0 Å². The molecule has 0 heterocycles. The molecule has 0 bridgehead atoms. The van der Waals surface area contributed by atoms with Gasteiger partial charge in [-0.15, -0.1) is 0 Å². The maximum absolute atomic E-state index is 5.33. The molecule has 1 fully saturated rings. The molecule has 1 aromatic rings. The largest absolute Gasteiger partial charge is 0.497 e. The van der Waals surface area contributed by atoms with Crippen molar-refractivity contribution < 1.29 is 4.74 Å². The van der Waals surface area contributed by atoms with Crippen LogP contribution in [0.5, 0.6) is 5.75 Å². The fourth-order valence-corrected chi connectivity index (χ4v) is 3.32. The quantitative estimate of drug-likeness (QED) is 0.768. The topological polar surface area (TPSA) is 21.3 Å². The van der Waals surface area contributed by atoms with Gasteiger partial charge in [-0.05, 0) is 49.4 Å². The molecule has 1 unspecified atom stereocenters. The van der Waals surface area contributed by atoms with Gasteiger partial charge in [0.2, 0.25) is 0 Å². The monoisotopic (exact) mass is 275 g/mol. The second kappa shape index (κ2) is 8.31. The predicted octanol–water partition coefficient (Wildman–Crippen LogP) is 4.19. The molecular weight excluding hydrogens is 246 g/mol. The summed E-state index contributed by atoms with van der Waals surface area (Å²) in [5.41, 5.74) is 1.39. The molecular formula is C18H29NO. The maximum Gasteiger partial charge on any atom is 0.119 e. The zero-order valence-electron chi connectivity index (χ0n) is 13.0. The summed E-state index contributed by atoms with van der Waals surface area (Å²) in [5, 5.41) is 3.74. The molecule has 1 aromatic carbocycles. The first-order chi connectivity index (χ1) is 9.81. The fourth-order valence-electron chi connectivity index (χ4n) is 3.32. The lowest BCUT2D eigenvalue weighted by Gasteiger charge is -2.22. The van der Waals surface area contributed by atoms with E-state index in [1.165, 1.54) is 44.1 Å². The highest BCUT2D eigenvalue weighted by molar-refractivity contribution is 5.29. The van der Waals surface area contributed by atoms with Gasteiger partial charge < -0.3 is 10.1 Å². The number of hydrogen-bond acceptors (Lipinski definition) is 2. The Morgan fingerprint density at radius 2 is 2.10 bits per heavy atom. The Morgan fingerprint density at radius 1 is 1.30 bits per heavy atom. The lowest BCUT2D eigenvalue weighted by Crippen LogP contribution is -2.33. The molecule has 1 N–H and O–H groups in total. The number of rotatable bonds is 8. The van der Waals surface area contributed by atoms with Crippen molar-refractivity contribution >= 4 is 0 Å². The van der Waals surface area contributed by atoms with Crippen molar-refractivity contribution in [1.82, 2.24) is 5.32 Å². The van der Waals surface area contributed by atoms with Crippen molar-refractivity contribution in [2.45, 2.75) is 57.9 Å². The van der Waals surface area contributed by atoms with Crippen molar-refractivity contribution in [2.24, 2.45) is 5.92 Å². The highest BCUT2D eigenvalue weighted by atomic mass is 16.5. The second-order valence-electron chi connectivity index (χ2n) is 6.09. The van der Waals surface area contributed by atoms with Gasteiger partial charge in [-0.1, -0.05) is 44.7 Å². The predicted molar refractivity (Wildman–Crippen MR) is 85.4 cm³/mol. The molecule has 112 valence electrons. The Bertz CT molecular complexity index is 385. The molecule has 0 aromatic heterocycles. The number of benzene rings is 1. The zero-order valence-corrected chi connectivity index (χ0v) is 13.0. The molecule has 2 heteroatoms. The van der Waals surface area contributed by atoms with E-state index < -0.39 is 0 Å². The molecule has 0 spiro atoms. The molecule has 20 heavy (non-hydrogen) atoms. The van der Waals surface area contributed by atoms with Crippen LogP contribution in [-0.2, 0) is 6.42 Å². The third kappa shape index (κ3) is 4.82. The standard InChI is InChI=1S/C18H29NO/c1-3-11-19-17(12-15-7-4-5-8-15)13-16-9-6-10-18(14-16)20-2/h6,9-10,14-15,17,19H,3-5,7-8,11-13H2,1-2H3. The van der Waals surface area contributed by atoms with Crippen molar-refractivity contribution in [2.75, 3.05) is 13.7 Å². The fraction of sp³-hybridized carbons (Fsp3) is 0.667. The van der Waals surface area contributed by atoms with Crippen LogP contribution in [-0.4, -0.2) is 19.7 Å². The van der Waals surface area contributed by atoms with Gasteiger partial charge in [0.15, 0.2) is 0 Å². The Morgan fingerprint density at radius 3 is 2.80 bits per heavy atom. The summed E-state index contributed by atoms with van der Waals surface area (Å²) in [6, 6.07) is 9.13. The van der Waals surface area contributed by atoms with Crippen LogP contribution in [0.2, 0.25) is 0 Å². The van der Waals surface area contributed by atoms with E-state index >= 15 is 0 Å². The highest BCUT2D eigenvalue weighted by Gasteiger charge is 2.20. The summed E-state index contributed by atoms with van der Waals surface area (Å²) in [5.74, 6) is 1.91.